The zero-order chi connectivity index (χ0) is 13.1. The molecule has 0 bridgehead atoms. The molecule has 2 nitrogen and oxygen atoms in total. The molecule has 0 aromatic heterocycles. The van der Waals surface area contributed by atoms with E-state index in [0.29, 0.717) is 6.04 Å². The molecule has 1 aliphatic rings. The third-order valence-corrected chi connectivity index (χ3v) is 4.51. The van der Waals surface area contributed by atoms with Gasteiger partial charge in [-0.15, -0.1) is 0 Å². The van der Waals surface area contributed by atoms with E-state index in [2.05, 4.69) is 40.7 Å². The van der Waals surface area contributed by atoms with E-state index >= 15 is 0 Å². The molecule has 2 unspecified atom stereocenters. The van der Waals surface area contributed by atoms with Gasteiger partial charge in [0.1, 0.15) is 5.75 Å². The van der Waals surface area contributed by atoms with Crippen LogP contribution in [0.3, 0.4) is 0 Å². The van der Waals surface area contributed by atoms with Gasteiger partial charge in [-0.2, -0.15) is 0 Å². The van der Waals surface area contributed by atoms with E-state index in [-0.39, 0.29) is 0 Å². The van der Waals surface area contributed by atoms with Gasteiger partial charge in [-0.25, -0.2) is 0 Å². The Morgan fingerprint density at radius 2 is 2.17 bits per heavy atom. The van der Waals surface area contributed by atoms with Crippen LogP contribution in [-0.2, 0) is 6.54 Å². The monoisotopic (exact) mass is 311 g/mol. The Morgan fingerprint density at radius 3 is 2.83 bits per heavy atom. The van der Waals surface area contributed by atoms with Gasteiger partial charge in [-0.05, 0) is 44.4 Å². The summed E-state index contributed by atoms with van der Waals surface area (Å²) >= 11 is 3.55. The third-order valence-electron chi connectivity index (χ3n) is 4.02. The number of nitrogens with zero attached hydrogens (tertiary/aromatic N) is 1. The van der Waals surface area contributed by atoms with Gasteiger partial charge < -0.3 is 4.74 Å². The topological polar surface area (TPSA) is 12.5 Å². The highest BCUT2D eigenvalue weighted by atomic mass is 79.9. The smallest absolute Gasteiger partial charge is 0.123 e. The van der Waals surface area contributed by atoms with Crippen molar-refractivity contribution in [3.8, 4) is 5.75 Å². The average molecular weight is 312 g/mol. The van der Waals surface area contributed by atoms with Crippen LogP contribution in [0.25, 0.3) is 0 Å². The number of ether oxygens (including phenoxy) is 1. The quantitative estimate of drug-likeness (QED) is 0.825. The summed E-state index contributed by atoms with van der Waals surface area (Å²) in [5.74, 6) is 0.993. The Kier molecular flexibility index (Phi) is 4.68. The first-order valence-electron chi connectivity index (χ1n) is 6.73. The molecule has 0 radical (unpaired) electrons. The molecule has 0 N–H and O–H groups in total. The molecule has 100 valence electrons. The normalized spacial score (nSPS) is 24.4. The lowest BCUT2D eigenvalue weighted by Gasteiger charge is -2.28. The lowest BCUT2D eigenvalue weighted by molar-refractivity contribution is 0.187. The average Bonchev–Trinajstić information content (AvgIpc) is 2.71. The highest BCUT2D eigenvalue weighted by Crippen LogP contribution is 2.31. The number of hydrogen-bond donors (Lipinski definition) is 0. The molecule has 3 heteroatoms. The second-order valence-electron chi connectivity index (χ2n) is 5.12. The second kappa shape index (κ2) is 6.07. The zero-order valence-corrected chi connectivity index (χ0v) is 13.0. The number of halogens is 1. The Balaban J connectivity index is 2.19. The molecule has 1 aromatic rings. The summed E-state index contributed by atoms with van der Waals surface area (Å²) in [6.07, 6.45) is 3.88. The van der Waals surface area contributed by atoms with Crippen LogP contribution < -0.4 is 4.74 Å². The number of hydrogen-bond acceptors (Lipinski definition) is 2. The van der Waals surface area contributed by atoms with Gasteiger partial charge >= 0.3 is 0 Å². The van der Waals surface area contributed by atoms with Gasteiger partial charge in [0.05, 0.1) is 7.11 Å². The summed E-state index contributed by atoms with van der Waals surface area (Å²) in [7, 11) is 1.75. The van der Waals surface area contributed by atoms with E-state index in [1.807, 2.05) is 12.1 Å². The van der Waals surface area contributed by atoms with Gasteiger partial charge in [0.15, 0.2) is 0 Å². The van der Waals surface area contributed by atoms with E-state index in [9.17, 15) is 0 Å². The minimum atomic E-state index is 0.679. The van der Waals surface area contributed by atoms with Gasteiger partial charge in [0.2, 0.25) is 0 Å². The highest BCUT2D eigenvalue weighted by molar-refractivity contribution is 9.10. The molecule has 1 fully saturated rings. The number of likely N-dealkylation sites (tertiary alicyclic amines) is 1. The molecule has 0 aliphatic carbocycles. The lowest BCUT2D eigenvalue weighted by atomic mass is 10.1. The van der Waals surface area contributed by atoms with Crippen LogP contribution in [0.1, 0.15) is 38.7 Å². The Bertz CT molecular complexity index is 407. The Hall–Kier alpha value is -0.540. The summed E-state index contributed by atoms with van der Waals surface area (Å²) in [6, 6.07) is 7.66. The van der Waals surface area contributed by atoms with Crippen molar-refractivity contribution in [1.82, 2.24) is 4.90 Å². The zero-order valence-electron chi connectivity index (χ0n) is 11.4. The SMILES string of the molecule is CCC1CCC(C)N1Cc1cc(Br)ccc1OC. The van der Waals surface area contributed by atoms with E-state index in [1.54, 1.807) is 7.11 Å². The van der Waals surface area contributed by atoms with Crippen LogP contribution in [0.5, 0.6) is 5.75 Å². The minimum Gasteiger partial charge on any atom is -0.496 e. The van der Waals surface area contributed by atoms with E-state index < -0.39 is 0 Å². The molecule has 0 saturated carbocycles. The standard InChI is InChI=1S/C15H22BrNO/c1-4-14-7-5-11(2)17(14)10-12-9-13(16)6-8-15(12)18-3/h6,8-9,11,14H,4-5,7,10H2,1-3H3. The second-order valence-corrected chi connectivity index (χ2v) is 6.03. The summed E-state index contributed by atoms with van der Waals surface area (Å²) in [5.41, 5.74) is 1.28. The molecule has 0 spiro atoms. The van der Waals surface area contributed by atoms with Gasteiger partial charge in [0.25, 0.3) is 0 Å². The van der Waals surface area contributed by atoms with Crippen LogP contribution in [0.2, 0.25) is 0 Å². The summed E-state index contributed by atoms with van der Waals surface area (Å²) in [6.45, 7) is 5.61. The fourth-order valence-corrected chi connectivity index (χ4v) is 3.32. The van der Waals surface area contributed by atoms with Crippen molar-refractivity contribution < 1.29 is 4.74 Å². The van der Waals surface area contributed by atoms with Crippen molar-refractivity contribution in [3.05, 3.63) is 28.2 Å². The molecule has 2 rings (SSSR count). The summed E-state index contributed by atoms with van der Waals surface area (Å²) in [5, 5.41) is 0. The first kappa shape index (κ1) is 13.9. The van der Waals surface area contributed by atoms with E-state index in [0.717, 1.165) is 22.8 Å². The maximum atomic E-state index is 5.47. The molecule has 0 amide bonds. The Labute approximate surface area is 118 Å². The van der Waals surface area contributed by atoms with Crippen molar-refractivity contribution >= 4 is 15.9 Å². The predicted octanol–water partition coefficient (Wildman–Crippen LogP) is 4.22. The molecular formula is C15H22BrNO. The molecule has 1 heterocycles. The molecule has 2 atom stereocenters. The fourth-order valence-electron chi connectivity index (χ4n) is 2.92. The first-order valence-corrected chi connectivity index (χ1v) is 7.53. The maximum Gasteiger partial charge on any atom is 0.123 e. The Morgan fingerprint density at radius 1 is 1.39 bits per heavy atom. The van der Waals surface area contributed by atoms with Gasteiger partial charge in [0, 0.05) is 28.7 Å². The van der Waals surface area contributed by atoms with Crippen molar-refractivity contribution in [1.29, 1.82) is 0 Å². The highest BCUT2D eigenvalue weighted by Gasteiger charge is 2.29. The van der Waals surface area contributed by atoms with Crippen LogP contribution in [0.15, 0.2) is 22.7 Å². The first-order chi connectivity index (χ1) is 8.65. The summed E-state index contributed by atoms with van der Waals surface area (Å²) in [4.78, 5) is 2.62. The molecular weight excluding hydrogens is 290 g/mol. The fraction of sp³-hybridized carbons (Fsp3) is 0.600. The summed E-state index contributed by atoms with van der Waals surface area (Å²) < 4.78 is 6.59. The lowest BCUT2D eigenvalue weighted by Crippen LogP contribution is -2.33. The number of methoxy groups -OCH3 is 1. The van der Waals surface area contributed by atoms with Crippen molar-refractivity contribution in [2.45, 2.75) is 51.7 Å². The van der Waals surface area contributed by atoms with Crippen LogP contribution in [0.4, 0.5) is 0 Å². The number of rotatable bonds is 4. The van der Waals surface area contributed by atoms with Crippen LogP contribution in [-0.4, -0.2) is 24.1 Å². The molecule has 1 saturated heterocycles. The van der Waals surface area contributed by atoms with Crippen molar-refractivity contribution in [2.24, 2.45) is 0 Å². The van der Waals surface area contributed by atoms with Crippen LogP contribution in [0, 0.1) is 0 Å². The van der Waals surface area contributed by atoms with Gasteiger partial charge in [-0.1, -0.05) is 22.9 Å². The molecule has 1 aliphatic heterocycles. The minimum absolute atomic E-state index is 0.679. The number of benzene rings is 1. The van der Waals surface area contributed by atoms with E-state index in [4.69, 9.17) is 4.74 Å². The van der Waals surface area contributed by atoms with Gasteiger partial charge in [-0.3, -0.25) is 4.90 Å². The third kappa shape index (κ3) is 2.89. The largest absolute Gasteiger partial charge is 0.496 e. The van der Waals surface area contributed by atoms with E-state index in [1.165, 1.54) is 24.8 Å². The maximum absolute atomic E-state index is 5.47. The van der Waals surface area contributed by atoms with Crippen LogP contribution >= 0.6 is 15.9 Å². The van der Waals surface area contributed by atoms with Crippen molar-refractivity contribution in [3.63, 3.8) is 0 Å². The van der Waals surface area contributed by atoms with Crippen molar-refractivity contribution in [2.75, 3.05) is 7.11 Å². The molecule has 1 aromatic carbocycles. The predicted molar refractivity (Wildman–Crippen MR) is 79.0 cm³/mol. The molecule has 18 heavy (non-hydrogen) atoms.